The number of nitrogens with zero attached hydrogens (tertiary/aromatic N) is 3. The van der Waals surface area contributed by atoms with Crippen LogP contribution >= 0.6 is 0 Å². The van der Waals surface area contributed by atoms with Gasteiger partial charge >= 0.3 is 21.7 Å². The summed E-state index contributed by atoms with van der Waals surface area (Å²) in [6.45, 7) is 20.3. The monoisotopic (exact) mass is 804 g/mol. The molecule has 0 saturated heterocycles. The summed E-state index contributed by atoms with van der Waals surface area (Å²) in [5, 5.41) is 13.8. The van der Waals surface area contributed by atoms with E-state index in [-0.39, 0.29) is 34.1 Å². The minimum atomic E-state index is 0. The summed E-state index contributed by atoms with van der Waals surface area (Å²) in [6, 6.07) is 0. The molecular formula is C48H102ClN3Ti-. The Balaban J connectivity index is -0.000000213. The molecule has 0 aliphatic carbocycles. The molecule has 0 aliphatic rings. The van der Waals surface area contributed by atoms with Gasteiger partial charge in [-0.05, 0) is 0 Å². The van der Waals surface area contributed by atoms with Crippen LogP contribution in [0.3, 0.4) is 0 Å². The molecular weight excluding hydrogens is 702 g/mol. The quantitative estimate of drug-likeness (QED) is 0.0436. The summed E-state index contributed by atoms with van der Waals surface area (Å²) in [4.78, 5) is 0. The molecule has 0 bridgehead atoms. The van der Waals surface area contributed by atoms with Crippen LogP contribution in [0.2, 0.25) is 0 Å². The van der Waals surface area contributed by atoms with E-state index in [0.717, 1.165) is 39.3 Å². The summed E-state index contributed by atoms with van der Waals surface area (Å²) in [5.74, 6) is 0. The minimum Gasteiger partial charge on any atom is -1.00 e. The largest absolute Gasteiger partial charge is 3.00 e. The Labute approximate surface area is 360 Å². The molecule has 53 heavy (non-hydrogen) atoms. The van der Waals surface area contributed by atoms with Gasteiger partial charge in [0.15, 0.2) is 0 Å². The van der Waals surface area contributed by atoms with Crippen molar-refractivity contribution in [1.29, 1.82) is 0 Å². The molecule has 1 radical (unpaired) electrons. The van der Waals surface area contributed by atoms with Crippen LogP contribution in [-0.4, -0.2) is 39.3 Å². The fraction of sp³-hybridized carbons (Fsp3) is 1.00. The zero-order valence-corrected chi connectivity index (χ0v) is 40.2. The Morgan fingerprint density at radius 2 is 0.302 bits per heavy atom. The topological polar surface area (TPSA) is 42.3 Å². The maximum absolute atomic E-state index is 4.61. The predicted molar refractivity (Wildman–Crippen MR) is 240 cm³/mol. The summed E-state index contributed by atoms with van der Waals surface area (Å²) in [5.41, 5.74) is 0. The van der Waals surface area contributed by atoms with Gasteiger partial charge < -0.3 is 28.4 Å². The summed E-state index contributed by atoms with van der Waals surface area (Å²) in [7, 11) is 0. The molecule has 0 aromatic carbocycles. The van der Waals surface area contributed by atoms with Gasteiger partial charge in [-0.1, -0.05) is 273 Å². The van der Waals surface area contributed by atoms with Crippen molar-refractivity contribution < 1.29 is 34.1 Å². The van der Waals surface area contributed by atoms with Crippen LogP contribution in [0.25, 0.3) is 16.0 Å². The molecule has 0 unspecified atom stereocenters. The first-order valence-electron chi connectivity index (χ1n) is 24.1. The van der Waals surface area contributed by atoms with E-state index in [1.165, 1.54) is 231 Å². The Morgan fingerprint density at radius 3 is 0.434 bits per heavy atom. The van der Waals surface area contributed by atoms with Gasteiger partial charge in [-0.2, -0.15) is 0 Å². The van der Waals surface area contributed by atoms with Gasteiger partial charge in [0.2, 0.25) is 0 Å². The first-order valence-corrected chi connectivity index (χ1v) is 24.1. The van der Waals surface area contributed by atoms with Crippen molar-refractivity contribution in [1.82, 2.24) is 0 Å². The predicted octanol–water partition coefficient (Wildman–Crippen LogP) is 15.2. The van der Waals surface area contributed by atoms with Crippen LogP contribution in [0.1, 0.15) is 273 Å². The zero-order chi connectivity index (χ0) is 37.8. The van der Waals surface area contributed by atoms with Gasteiger partial charge in [0.1, 0.15) is 0 Å². The van der Waals surface area contributed by atoms with Crippen LogP contribution in [0.15, 0.2) is 0 Å². The molecule has 5 heteroatoms. The zero-order valence-electron chi connectivity index (χ0n) is 37.9. The molecule has 321 valence electrons. The number of halogens is 1. The summed E-state index contributed by atoms with van der Waals surface area (Å²) < 4.78 is 0. The van der Waals surface area contributed by atoms with Gasteiger partial charge in [0, 0.05) is 0 Å². The minimum absolute atomic E-state index is 0. The second kappa shape index (κ2) is 67.6. The van der Waals surface area contributed by atoms with E-state index in [9.17, 15) is 0 Å². The van der Waals surface area contributed by atoms with Gasteiger partial charge in [0.25, 0.3) is 0 Å². The van der Waals surface area contributed by atoms with Crippen molar-refractivity contribution in [2.24, 2.45) is 0 Å². The Morgan fingerprint density at radius 1 is 0.189 bits per heavy atom. The van der Waals surface area contributed by atoms with Gasteiger partial charge in [-0.25, -0.2) is 0 Å². The normalized spacial score (nSPS) is 10.5. The third-order valence-corrected chi connectivity index (χ3v) is 10.0. The number of rotatable bonds is 42. The SMILES string of the molecule is CCCCCCCC[N-]CCCCCCCC.CCCCCCCC[N-]CCCCCCCC.CCCCCCCC[N-]CCCCCCCC.[Cl-].[Ti+3]. The van der Waals surface area contributed by atoms with E-state index in [2.05, 4.69) is 57.5 Å². The van der Waals surface area contributed by atoms with E-state index in [1.807, 2.05) is 0 Å². The Hall–Kier alpha value is 0.884. The molecule has 0 aromatic heterocycles. The van der Waals surface area contributed by atoms with Crippen LogP contribution in [0.4, 0.5) is 0 Å². The summed E-state index contributed by atoms with van der Waals surface area (Å²) >= 11 is 0. The third-order valence-electron chi connectivity index (χ3n) is 10.0. The van der Waals surface area contributed by atoms with Crippen molar-refractivity contribution in [3.05, 3.63) is 16.0 Å². The number of hydrogen-bond donors (Lipinski definition) is 0. The molecule has 0 atom stereocenters. The van der Waals surface area contributed by atoms with Crippen LogP contribution in [-0.2, 0) is 21.7 Å². The second-order valence-corrected chi connectivity index (χ2v) is 15.6. The first kappa shape index (κ1) is 63.1. The van der Waals surface area contributed by atoms with Crippen molar-refractivity contribution in [2.75, 3.05) is 39.3 Å². The van der Waals surface area contributed by atoms with E-state index in [0.29, 0.717) is 0 Å². The molecule has 0 amide bonds. The van der Waals surface area contributed by atoms with E-state index < -0.39 is 0 Å². The van der Waals surface area contributed by atoms with Gasteiger partial charge in [0.05, 0.1) is 0 Å². The van der Waals surface area contributed by atoms with Crippen molar-refractivity contribution in [2.45, 2.75) is 273 Å². The molecule has 0 aliphatic heterocycles. The molecule has 3 nitrogen and oxygen atoms in total. The molecule has 0 fully saturated rings. The van der Waals surface area contributed by atoms with Gasteiger partial charge in [-0.15, -0.1) is 39.3 Å². The van der Waals surface area contributed by atoms with Crippen LogP contribution in [0, 0.1) is 0 Å². The Kier molecular flexibility index (Phi) is 80.5. The smallest absolute Gasteiger partial charge is 1.00 e. The summed E-state index contributed by atoms with van der Waals surface area (Å²) in [6.07, 6.45) is 49.9. The van der Waals surface area contributed by atoms with Crippen molar-refractivity contribution in [3.63, 3.8) is 0 Å². The van der Waals surface area contributed by atoms with Crippen molar-refractivity contribution in [3.8, 4) is 0 Å². The van der Waals surface area contributed by atoms with E-state index in [1.54, 1.807) is 0 Å². The standard InChI is InChI=1S/3C16H34N.ClH.Ti/c3*1-3-5-7-9-11-13-15-17-16-14-12-10-8-6-4-2;;/h3*3-16H2,1-2H3;1H;/q3*-1;;+3/p-1. The molecule has 0 saturated carbocycles. The van der Waals surface area contributed by atoms with Crippen LogP contribution < -0.4 is 12.4 Å². The van der Waals surface area contributed by atoms with Crippen LogP contribution in [0.5, 0.6) is 0 Å². The molecule has 0 rings (SSSR count). The molecule has 0 N–H and O–H groups in total. The van der Waals surface area contributed by atoms with E-state index in [4.69, 9.17) is 0 Å². The number of unbranched alkanes of at least 4 members (excludes halogenated alkanes) is 30. The van der Waals surface area contributed by atoms with Gasteiger partial charge in [-0.3, -0.25) is 0 Å². The number of hydrogen-bond acceptors (Lipinski definition) is 0. The third kappa shape index (κ3) is 74.5. The maximum Gasteiger partial charge on any atom is 3.00 e. The fourth-order valence-electron chi connectivity index (χ4n) is 6.36. The first-order chi connectivity index (χ1) is 25.2. The maximum atomic E-state index is 4.61. The molecule has 0 spiro atoms. The average molecular weight is 805 g/mol. The fourth-order valence-corrected chi connectivity index (χ4v) is 6.36. The second-order valence-electron chi connectivity index (χ2n) is 15.6. The molecule has 0 heterocycles. The van der Waals surface area contributed by atoms with E-state index >= 15 is 0 Å². The average Bonchev–Trinajstić information content (AvgIpc) is 3.15. The molecule has 0 aromatic rings. The van der Waals surface area contributed by atoms with Crippen molar-refractivity contribution >= 4 is 0 Å². The Bertz CT molecular complexity index is 412.